The zero-order valence-electron chi connectivity index (χ0n) is 11.8. The smallest absolute Gasteiger partial charge is 0.255 e. The molecule has 102 valence electrons. The molecule has 0 radical (unpaired) electrons. The second-order valence-corrected chi connectivity index (χ2v) is 5.80. The van der Waals surface area contributed by atoms with E-state index in [1.54, 1.807) is 0 Å². The average molecular weight is 259 g/mol. The van der Waals surface area contributed by atoms with Gasteiger partial charge in [-0.2, -0.15) is 0 Å². The lowest BCUT2D eigenvalue weighted by Crippen LogP contribution is -2.54. The summed E-state index contributed by atoms with van der Waals surface area (Å²) in [7, 11) is 1.90. The Morgan fingerprint density at radius 3 is 2.63 bits per heavy atom. The van der Waals surface area contributed by atoms with Crippen LogP contribution in [0.3, 0.4) is 0 Å². The van der Waals surface area contributed by atoms with Crippen molar-refractivity contribution < 1.29 is 9.53 Å². The second-order valence-electron chi connectivity index (χ2n) is 5.80. The molecular formula is C16H21NO2. The lowest BCUT2D eigenvalue weighted by molar-refractivity contribution is -0.177. The summed E-state index contributed by atoms with van der Waals surface area (Å²) in [6.45, 7) is 4.19. The summed E-state index contributed by atoms with van der Waals surface area (Å²) in [6, 6.07) is 10.3. The van der Waals surface area contributed by atoms with E-state index in [4.69, 9.17) is 4.74 Å². The number of nitrogens with zero attached hydrogens (tertiary/aromatic N) is 1. The molecule has 19 heavy (non-hydrogen) atoms. The Balaban J connectivity index is 1.92. The molecule has 0 N–H and O–H groups in total. The molecule has 1 aromatic carbocycles. The third-order valence-electron chi connectivity index (χ3n) is 4.74. The van der Waals surface area contributed by atoms with Crippen LogP contribution in [0.4, 0.5) is 0 Å². The predicted octanol–water partition coefficient (Wildman–Crippen LogP) is 2.77. The number of ether oxygens (including phenoxy) is 1. The Kier molecular flexibility index (Phi) is 2.90. The van der Waals surface area contributed by atoms with Crippen LogP contribution in [0, 0.1) is 5.92 Å². The van der Waals surface area contributed by atoms with E-state index in [-0.39, 0.29) is 18.1 Å². The molecule has 1 saturated heterocycles. The van der Waals surface area contributed by atoms with Gasteiger partial charge in [0.05, 0.1) is 6.04 Å². The molecule has 1 aliphatic heterocycles. The van der Waals surface area contributed by atoms with Crippen molar-refractivity contribution in [3.63, 3.8) is 0 Å². The summed E-state index contributed by atoms with van der Waals surface area (Å²) in [4.78, 5) is 14.3. The molecule has 1 saturated carbocycles. The van der Waals surface area contributed by atoms with Crippen molar-refractivity contribution in [2.45, 2.75) is 44.4 Å². The SMILES string of the molecule is CC[C@@H]1C[C@]12O[C@H](c1ccccc1)[C@H](C)N(C)C2=O. The molecule has 2 aliphatic rings. The highest BCUT2D eigenvalue weighted by molar-refractivity contribution is 5.89. The minimum atomic E-state index is -0.531. The molecule has 1 spiro atoms. The third kappa shape index (κ3) is 1.79. The van der Waals surface area contributed by atoms with Crippen LogP contribution in [0.15, 0.2) is 30.3 Å². The number of morpholine rings is 1. The van der Waals surface area contributed by atoms with Crippen LogP contribution in [0.1, 0.15) is 38.4 Å². The van der Waals surface area contributed by atoms with Gasteiger partial charge in [-0.3, -0.25) is 4.79 Å². The maximum Gasteiger partial charge on any atom is 0.255 e. The van der Waals surface area contributed by atoms with Crippen LogP contribution in [0.25, 0.3) is 0 Å². The topological polar surface area (TPSA) is 29.5 Å². The first-order valence-electron chi connectivity index (χ1n) is 7.10. The Hall–Kier alpha value is -1.35. The van der Waals surface area contributed by atoms with Crippen molar-refractivity contribution in [1.82, 2.24) is 4.90 Å². The number of benzene rings is 1. The van der Waals surface area contributed by atoms with Crippen molar-refractivity contribution >= 4 is 5.91 Å². The van der Waals surface area contributed by atoms with Gasteiger partial charge in [0.15, 0.2) is 5.60 Å². The number of carbonyl (C=O) groups excluding carboxylic acids is 1. The number of hydrogen-bond donors (Lipinski definition) is 0. The third-order valence-corrected chi connectivity index (χ3v) is 4.74. The maximum absolute atomic E-state index is 12.5. The Morgan fingerprint density at radius 2 is 2.05 bits per heavy atom. The van der Waals surface area contributed by atoms with Gasteiger partial charge >= 0.3 is 0 Å². The molecule has 2 fully saturated rings. The molecule has 3 rings (SSSR count). The van der Waals surface area contributed by atoms with E-state index < -0.39 is 5.60 Å². The number of likely N-dealkylation sites (N-methyl/N-ethyl adjacent to an activating group) is 1. The summed E-state index contributed by atoms with van der Waals surface area (Å²) in [6.07, 6.45) is 1.87. The van der Waals surface area contributed by atoms with E-state index in [0.29, 0.717) is 5.92 Å². The first kappa shape index (κ1) is 12.7. The van der Waals surface area contributed by atoms with Gasteiger partial charge in [-0.25, -0.2) is 0 Å². The van der Waals surface area contributed by atoms with Crippen molar-refractivity contribution in [2.75, 3.05) is 7.05 Å². The Labute approximate surface area is 114 Å². The zero-order valence-corrected chi connectivity index (χ0v) is 11.8. The van der Waals surface area contributed by atoms with Crippen molar-refractivity contribution in [1.29, 1.82) is 0 Å². The van der Waals surface area contributed by atoms with Gasteiger partial charge in [0, 0.05) is 13.0 Å². The quantitative estimate of drug-likeness (QED) is 0.817. The first-order chi connectivity index (χ1) is 9.10. The Morgan fingerprint density at radius 1 is 1.37 bits per heavy atom. The summed E-state index contributed by atoms with van der Waals surface area (Å²) in [5.74, 6) is 0.556. The van der Waals surface area contributed by atoms with E-state index in [2.05, 4.69) is 26.0 Å². The highest BCUT2D eigenvalue weighted by Gasteiger charge is 2.65. The molecule has 1 aliphatic carbocycles. The summed E-state index contributed by atoms with van der Waals surface area (Å²) in [5, 5.41) is 0. The van der Waals surface area contributed by atoms with Crippen LogP contribution < -0.4 is 0 Å². The van der Waals surface area contributed by atoms with Crippen molar-refractivity contribution in [2.24, 2.45) is 5.92 Å². The average Bonchev–Trinajstić information content (AvgIpc) is 3.16. The highest BCUT2D eigenvalue weighted by Crippen LogP contribution is 2.55. The predicted molar refractivity (Wildman–Crippen MR) is 73.6 cm³/mol. The van der Waals surface area contributed by atoms with Gasteiger partial charge in [0.1, 0.15) is 6.10 Å². The largest absolute Gasteiger partial charge is 0.355 e. The van der Waals surface area contributed by atoms with Crippen LogP contribution in [0.5, 0.6) is 0 Å². The number of hydrogen-bond acceptors (Lipinski definition) is 2. The maximum atomic E-state index is 12.5. The molecule has 0 unspecified atom stereocenters. The lowest BCUT2D eigenvalue weighted by Gasteiger charge is -2.42. The van der Waals surface area contributed by atoms with Crippen LogP contribution >= 0.6 is 0 Å². The number of rotatable bonds is 2. The summed E-state index contributed by atoms with van der Waals surface area (Å²) < 4.78 is 6.28. The van der Waals surface area contributed by atoms with Crippen molar-refractivity contribution in [3.05, 3.63) is 35.9 Å². The molecule has 0 bridgehead atoms. The van der Waals surface area contributed by atoms with Gasteiger partial charge in [0.25, 0.3) is 5.91 Å². The lowest BCUT2D eigenvalue weighted by atomic mass is 9.98. The summed E-state index contributed by atoms with van der Waals surface area (Å²) >= 11 is 0. The van der Waals surface area contributed by atoms with E-state index in [1.807, 2.05) is 30.1 Å². The normalized spacial score (nSPS) is 37.7. The van der Waals surface area contributed by atoms with Crippen molar-refractivity contribution in [3.8, 4) is 0 Å². The Bertz CT molecular complexity index is 487. The molecule has 4 atom stereocenters. The number of amides is 1. The van der Waals surface area contributed by atoms with Crippen LogP contribution in [-0.4, -0.2) is 29.5 Å². The van der Waals surface area contributed by atoms with Gasteiger partial charge in [0.2, 0.25) is 0 Å². The van der Waals surface area contributed by atoms with Gasteiger partial charge in [-0.15, -0.1) is 0 Å². The van der Waals surface area contributed by atoms with Crippen LogP contribution in [-0.2, 0) is 9.53 Å². The highest BCUT2D eigenvalue weighted by atomic mass is 16.5. The molecule has 1 amide bonds. The molecular weight excluding hydrogens is 238 g/mol. The van der Waals surface area contributed by atoms with Gasteiger partial charge in [-0.05, 0) is 25.3 Å². The fourth-order valence-corrected chi connectivity index (χ4v) is 3.24. The fraction of sp³-hybridized carbons (Fsp3) is 0.562. The minimum Gasteiger partial charge on any atom is -0.355 e. The molecule has 0 aromatic heterocycles. The first-order valence-corrected chi connectivity index (χ1v) is 7.10. The van der Waals surface area contributed by atoms with Gasteiger partial charge in [-0.1, -0.05) is 37.3 Å². The molecule has 3 heteroatoms. The zero-order chi connectivity index (χ0) is 13.6. The summed E-state index contributed by atoms with van der Waals surface area (Å²) in [5.41, 5.74) is 0.631. The minimum absolute atomic E-state index is 0.0135. The fourth-order valence-electron chi connectivity index (χ4n) is 3.24. The second kappa shape index (κ2) is 4.34. The molecule has 1 heterocycles. The molecule has 1 aromatic rings. The van der Waals surface area contributed by atoms with E-state index >= 15 is 0 Å². The van der Waals surface area contributed by atoms with E-state index in [1.165, 1.54) is 0 Å². The molecule has 3 nitrogen and oxygen atoms in total. The standard InChI is InChI=1S/C16H21NO2/c1-4-13-10-16(13)15(18)17(3)11(2)14(19-16)12-8-6-5-7-9-12/h5-9,11,13-14H,4,10H2,1-3H3/t11-,13+,14-,16-/m0/s1. The van der Waals surface area contributed by atoms with E-state index in [9.17, 15) is 4.79 Å². The monoisotopic (exact) mass is 259 g/mol. The number of carbonyl (C=O) groups is 1. The van der Waals surface area contributed by atoms with Gasteiger partial charge < -0.3 is 9.64 Å². The van der Waals surface area contributed by atoms with Crippen LogP contribution in [0.2, 0.25) is 0 Å². The van der Waals surface area contributed by atoms with E-state index in [0.717, 1.165) is 18.4 Å².